The molecule has 0 saturated heterocycles. The Morgan fingerprint density at radius 1 is 1.27 bits per heavy atom. The molecule has 3 heteroatoms. The van der Waals surface area contributed by atoms with Crippen molar-refractivity contribution >= 4 is 12.6 Å². The third kappa shape index (κ3) is 4.56. The predicted molar refractivity (Wildman–Crippen MR) is 67.8 cm³/mol. The summed E-state index contributed by atoms with van der Waals surface area (Å²) < 4.78 is 1.79. The summed E-state index contributed by atoms with van der Waals surface area (Å²) in [5, 5.41) is 0. The van der Waals surface area contributed by atoms with E-state index in [1.165, 1.54) is 19.3 Å². The van der Waals surface area contributed by atoms with E-state index in [-0.39, 0.29) is 5.56 Å². The van der Waals surface area contributed by atoms with E-state index < -0.39 is 0 Å². The van der Waals surface area contributed by atoms with Crippen LogP contribution in [0.15, 0.2) is 23.1 Å². The Kier molecular flexibility index (Phi) is 5.54. The summed E-state index contributed by atoms with van der Waals surface area (Å²) in [7, 11) is 0. The molecule has 1 aromatic rings. The van der Waals surface area contributed by atoms with Crippen LogP contribution < -0.4 is 5.56 Å². The van der Waals surface area contributed by atoms with Crippen molar-refractivity contribution in [3.63, 3.8) is 0 Å². The average Bonchev–Trinajstić information content (AvgIpc) is 2.20. The fraction of sp³-hybridized carbons (Fsp3) is 0.583. The molecule has 0 fully saturated rings. The third-order valence-electron chi connectivity index (χ3n) is 2.46. The molecule has 0 aliphatic rings. The highest BCUT2D eigenvalue weighted by molar-refractivity contribution is 7.80. The van der Waals surface area contributed by atoms with E-state index in [1.54, 1.807) is 10.6 Å². The molecule has 2 nitrogen and oxygen atoms in total. The number of thiol groups is 1. The quantitative estimate of drug-likeness (QED) is 0.583. The third-order valence-corrected chi connectivity index (χ3v) is 2.77. The van der Waals surface area contributed by atoms with Crippen LogP contribution in [0.25, 0.3) is 0 Å². The van der Waals surface area contributed by atoms with Gasteiger partial charge in [0.25, 0.3) is 5.56 Å². The summed E-state index contributed by atoms with van der Waals surface area (Å²) in [6, 6.07) is 3.67. The van der Waals surface area contributed by atoms with Crippen LogP contribution >= 0.6 is 12.6 Å². The van der Waals surface area contributed by atoms with E-state index >= 15 is 0 Å². The minimum Gasteiger partial charge on any atom is -0.316 e. The summed E-state index contributed by atoms with van der Waals surface area (Å²) >= 11 is 4.17. The molecule has 0 aliphatic heterocycles. The van der Waals surface area contributed by atoms with Crippen LogP contribution in [0.5, 0.6) is 0 Å². The van der Waals surface area contributed by atoms with Crippen molar-refractivity contribution in [3.05, 3.63) is 34.2 Å². The number of nitrogens with zero attached hydrogens (tertiary/aromatic N) is 1. The lowest BCUT2D eigenvalue weighted by atomic mass is 10.2. The summed E-state index contributed by atoms with van der Waals surface area (Å²) in [6.45, 7) is 2.78. The standard InChI is InChI=1S/C12H19NOS/c1-11-6-8-13(12(14)10-11)7-4-2-3-5-9-15/h6,8,10,15H,2-5,7,9H2,1H3. The molecule has 0 aliphatic carbocycles. The van der Waals surface area contributed by atoms with E-state index in [9.17, 15) is 4.79 Å². The molecule has 0 N–H and O–H groups in total. The van der Waals surface area contributed by atoms with Crippen molar-refractivity contribution in [2.24, 2.45) is 0 Å². The Bertz CT molecular complexity index is 346. The molecule has 0 aromatic carbocycles. The molecule has 1 heterocycles. The molecule has 0 unspecified atom stereocenters. The van der Waals surface area contributed by atoms with Gasteiger partial charge in [0.2, 0.25) is 0 Å². The van der Waals surface area contributed by atoms with Gasteiger partial charge in [-0.3, -0.25) is 4.79 Å². The molecule has 0 spiro atoms. The molecular formula is C12H19NOS. The zero-order valence-corrected chi connectivity index (χ0v) is 10.2. The van der Waals surface area contributed by atoms with Crippen molar-refractivity contribution in [3.8, 4) is 0 Å². The summed E-state index contributed by atoms with van der Waals surface area (Å²) in [5.74, 6) is 0.963. The van der Waals surface area contributed by atoms with Gasteiger partial charge >= 0.3 is 0 Å². The van der Waals surface area contributed by atoms with Gasteiger partial charge in [-0.25, -0.2) is 0 Å². The molecule has 0 amide bonds. The van der Waals surface area contributed by atoms with Crippen LogP contribution in [-0.2, 0) is 6.54 Å². The van der Waals surface area contributed by atoms with E-state index in [0.29, 0.717) is 0 Å². The van der Waals surface area contributed by atoms with Gasteiger partial charge < -0.3 is 4.57 Å². The van der Waals surface area contributed by atoms with Gasteiger partial charge in [-0.1, -0.05) is 12.8 Å². The fourth-order valence-electron chi connectivity index (χ4n) is 1.54. The van der Waals surface area contributed by atoms with Crippen LogP contribution in [-0.4, -0.2) is 10.3 Å². The van der Waals surface area contributed by atoms with E-state index in [2.05, 4.69) is 12.6 Å². The van der Waals surface area contributed by atoms with Gasteiger partial charge in [0.05, 0.1) is 0 Å². The second kappa shape index (κ2) is 6.72. The lowest BCUT2D eigenvalue weighted by Gasteiger charge is -2.05. The first-order valence-electron chi connectivity index (χ1n) is 5.52. The maximum Gasteiger partial charge on any atom is 0.250 e. The largest absolute Gasteiger partial charge is 0.316 e. The van der Waals surface area contributed by atoms with E-state index in [1.807, 2.05) is 19.2 Å². The van der Waals surface area contributed by atoms with Gasteiger partial charge in [0, 0.05) is 18.8 Å². The highest BCUT2D eigenvalue weighted by Crippen LogP contribution is 2.02. The lowest BCUT2D eigenvalue weighted by molar-refractivity contribution is 0.571. The van der Waals surface area contributed by atoms with Crippen molar-refractivity contribution in [1.82, 2.24) is 4.57 Å². The first kappa shape index (κ1) is 12.4. The van der Waals surface area contributed by atoms with Gasteiger partial charge in [0.1, 0.15) is 0 Å². The minimum atomic E-state index is 0.115. The number of unbranched alkanes of at least 4 members (excludes halogenated alkanes) is 3. The van der Waals surface area contributed by atoms with Gasteiger partial charge in [-0.2, -0.15) is 12.6 Å². The molecule has 0 bridgehead atoms. The smallest absolute Gasteiger partial charge is 0.250 e. The molecule has 1 aromatic heterocycles. The molecule has 1 rings (SSSR count). The van der Waals surface area contributed by atoms with E-state index in [0.717, 1.165) is 24.3 Å². The average molecular weight is 225 g/mol. The van der Waals surface area contributed by atoms with Crippen LogP contribution in [0.4, 0.5) is 0 Å². The Hall–Kier alpha value is -0.700. The van der Waals surface area contributed by atoms with Crippen molar-refractivity contribution in [2.75, 3.05) is 5.75 Å². The Morgan fingerprint density at radius 3 is 2.67 bits per heavy atom. The van der Waals surface area contributed by atoms with Gasteiger partial charge in [0.15, 0.2) is 0 Å². The molecular weight excluding hydrogens is 206 g/mol. The zero-order valence-electron chi connectivity index (χ0n) is 9.28. The number of rotatable bonds is 6. The number of pyridine rings is 1. The topological polar surface area (TPSA) is 22.0 Å². The molecule has 0 radical (unpaired) electrons. The Morgan fingerprint density at radius 2 is 2.00 bits per heavy atom. The molecule has 15 heavy (non-hydrogen) atoms. The summed E-state index contributed by atoms with van der Waals surface area (Å²) in [5.41, 5.74) is 1.15. The summed E-state index contributed by atoms with van der Waals surface area (Å²) in [6.07, 6.45) is 6.53. The van der Waals surface area contributed by atoms with E-state index in [4.69, 9.17) is 0 Å². The van der Waals surface area contributed by atoms with Crippen LogP contribution in [0, 0.1) is 6.92 Å². The molecule has 0 saturated carbocycles. The van der Waals surface area contributed by atoms with Crippen LogP contribution in [0.2, 0.25) is 0 Å². The van der Waals surface area contributed by atoms with Crippen molar-refractivity contribution in [1.29, 1.82) is 0 Å². The number of hydrogen-bond donors (Lipinski definition) is 1. The zero-order chi connectivity index (χ0) is 11.1. The first-order valence-corrected chi connectivity index (χ1v) is 6.15. The second-order valence-electron chi connectivity index (χ2n) is 3.87. The first-order chi connectivity index (χ1) is 7.24. The normalized spacial score (nSPS) is 10.5. The maximum absolute atomic E-state index is 11.5. The SMILES string of the molecule is Cc1ccn(CCCCCCS)c(=O)c1. The van der Waals surface area contributed by atoms with Crippen molar-refractivity contribution in [2.45, 2.75) is 39.2 Å². The van der Waals surface area contributed by atoms with Crippen LogP contribution in [0.3, 0.4) is 0 Å². The second-order valence-corrected chi connectivity index (χ2v) is 4.32. The molecule has 0 atom stereocenters. The number of aryl methyl sites for hydroxylation is 2. The monoisotopic (exact) mass is 225 g/mol. The Labute approximate surface area is 96.7 Å². The van der Waals surface area contributed by atoms with Gasteiger partial charge in [-0.15, -0.1) is 0 Å². The minimum absolute atomic E-state index is 0.115. The number of hydrogen-bond acceptors (Lipinski definition) is 2. The predicted octanol–water partition coefficient (Wildman–Crippen LogP) is 2.65. The van der Waals surface area contributed by atoms with Crippen LogP contribution in [0.1, 0.15) is 31.2 Å². The summed E-state index contributed by atoms with van der Waals surface area (Å²) in [4.78, 5) is 11.5. The lowest BCUT2D eigenvalue weighted by Crippen LogP contribution is -2.18. The maximum atomic E-state index is 11.5. The fourth-order valence-corrected chi connectivity index (χ4v) is 1.76. The van der Waals surface area contributed by atoms with Crippen molar-refractivity contribution < 1.29 is 0 Å². The highest BCUT2D eigenvalue weighted by Gasteiger charge is 1.95. The van der Waals surface area contributed by atoms with Gasteiger partial charge in [-0.05, 0) is 37.1 Å². The number of aromatic nitrogens is 1. The Balaban J connectivity index is 2.34. The molecule has 84 valence electrons. The highest BCUT2D eigenvalue weighted by atomic mass is 32.1.